The molecule has 3 rings (SSSR count). The summed E-state index contributed by atoms with van der Waals surface area (Å²) in [6.45, 7) is 7.29. The first-order valence-electron chi connectivity index (χ1n) is 10.9. The Morgan fingerprint density at radius 2 is 1.87 bits per heavy atom. The Bertz CT molecular complexity index is 856. The lowest BCUT2D eigenvalue weighted by atomic mass is 10.0. The van der Waals surface area contributed by atoms with E-state index in [2.05, 4.69) is 22.5 Å². The van der Waals surface area contributed by atoms with E-state index in [0.717, 1.165) is 49.5 Å². The minimum atomic E-state index is -0.938. The zero-order valence-corrected chi connectivity index (χ0v) is 18.0. The van der Waals surface area contributed by atoms with Crippen molar-refractivity contribution in [2.24, 2.45) is 5.73 Å². The second kappa shape index (κ2) is 10.6. The highest BCUT2D eigenvalue weighted by Gasteiger charge is 2.44. The van der Waals surface area contributed by atoms with E-state index in [1.807, 2.05) is 6.07 Å². The Labute approximate surface area is 182 Å². The molecule has 1 fully saturated rings. The van der Waals surface area contributed by atoms with Crippen molar-refractivity contribution in [3.63, 3.8) is 0 Å². The summed E-state index contributed by atoms with van der Waals surface area (Å²) in [5.74, 6) is -1.94. The van der Waals surface area contributed by atoms with Crippen LogP contribution in [0.2, 0.25) is 0 Å². The minimum Gasteiger partial charge on any atom is -0.330 e. The molecule has 0 radical (unpaired) electrons. The van der Waals surface area contributed by atoms with Gasteiger partial charge in [0.1, 0.15) is 6.04 Å². The van der Waals surface area contributed by atoms with Crippen molar-refractivity contribution in [3.8, 4) is 0 Å². The van der Waals surface area contributed by atoms with E-state index < -0.39 is 23.8 Å². The molecule has 2 aliphatic rings. The third-order valence-corrected chi connectivity index (χ3v) is 5.79. The number of benzene rings is 1. The summed E-state index contributed by atoms with van der Waals surface area (Å²) in [5, 5.41) is 5.58. The van der Waals surface area contributed by atoms with Crippen LogP contribution in [0.3, 0.4) is 0 Å². The zero-order chi connectivity index (χ0) is 22.4. The second-order valence-electron chi connectivity index (χ2n) is 7.93. The summed E-state index contributed by atoms with van der Waals surface area (Å²) >= 11 is 0. The van der Waals surface area contributed by atoms with Crippen LogP contribution in [0.5, 0.6) is 0 Å². The number of piperidine rings is 1. The van der Waals surface area contributed by atoms with Crippen LogP contribution in [0.15, 0.2) is 18.2 Å². The molecule has 4 N–H and O–H groups in total. The molecule has 1 aromatic rings. The van der Waals surface area contributed by atoms with Crippen molar-refractivity contribution in [3.05, 3.63) is 34.9 Å². The molecule has 0 aromatic heterocycles. The van der Waals surface area contributed by atoms with Crippen molar-refractivity contribution >= 4 is 23.6 Å². The standard InChI is InChI=1S/C22H31N5O4/c1-2-26(11-3-9-23)12-4-10-24-14-15-5-6-16-17(13-15)22(31)27(21(16)30)18-7-8-19(28)25-20(18)29/h5-6,13,18,24H,2-4,7-12,14,23H2,1H3,(H,25,28,29). The number of nitrogens with two attached hydrogens (primary N) is 1. The number of hydrogen-bond acceptors (Lipinski definition) is 7. The molecule has 31 heavy (non-hydrogen) atoms. The summed E-state index contributed by atoms with van der Waals surface area (Å²) in [7, 11) is 0. The molecule has 4 amide bonds. The molecule has 1 unspecified atom stereocenters. The number of carbonyl (C=O) groups excluding carboxylic acids is 4. The first-order valence-corrected chi connectivity index (χ1v) is 10.9. The van der Waals surface area contributed by atoms with Gasteiger partial charge >= 0.3 is 0 Å². The quantitative estimate of drug-likeness (QED) is 0.340. The van der Waals surface area contributed by atoms with Gasteiger partial charge in [0.25, 0.3) is 11.8 Å². The van der Waals surface area contributed by atoms with Gasteiger partial charge in [0.2, 0.25) is 11.8 Å². The smallest absolute Gasteiger partial charge is 0.262 e. The third-order valence-electron chi connectivity index (χ3n) is 5.79. The lowest BCUT2D eigenvalue weighted by Gasteiger charge is -2.27. The van der Waals surface area contributed by atoms with Gasteiger partial charge in [-0.3, -0.25) is 29.4 Å². The Hall–Kier alpha value is -2.62. The Morgan fingerprint density at radius 1 is 1.13 bits per heavy atom. The van der Waals surface area contributed by atoms with Crippen LogP contribution in [0.4, 0.5) is 0 Å². The molecule has 0 aliphatic carbocycles. The summed E-state index contributed by atoms with van der Waals surface area (Å²) in [4.78, 5) is 52.5. The van der Waals surface area contributed by atoms with Crippen LogP contribution in [0.25, 0.3) is 0 Å². The van der Waals surface area contributed by atoms with Gasteiger partial charge in [0.05, 0.1) is 11.1 Å². The van der Waals surface area contributed by atoms with Crippen LogP contribution in [0.1, 0.15) is 58.9 Å². The summed E-state index contributed by atoms with van der Waals surface area (Å²) in [6.07, 6.45) is 2.27. The summed E-state index contributed by atoms with van der Waals surface area (Å²) < 4.78 is 0. The van der Waals surface area contributed by atoms with Gasteiger partial charge in [-0.15, -0.1) is 0 Å². The largest absolute Gasteiger partial charge is 0.330 e. The van der Waals surface area contributed by atoms with E-state index in [0.29, 0.717) is 24.2 Å². The van der Waals surface area contributed by atoms with Gasteiger partial charge in [-0.25, -0.2) is 0 Å². The average molecular weight is 430 g/mol. The molecule has 2 aliphatic heterocycles. The molecular weight excluding hydrogens is 398 g/mol. The molecule has 1 aromatic carbocycles. The molecular formula is C22H31N5O4. The zero-order valence-electron chi connectivity index (χ0n) is 18.0. The van der Waals surface area contributed by atoms with E-state index in [1.54, 1.807) is 12.1 Å². The number of imide groups is 2. The van der Waals surface area contributed by atoms with Gasteiger partial charge in [-0.05, 0) is 69.7 Å². The number of nitrogens with zero attached hydrogens (tertiary/aromatic N) is 2. The number of rotatable bonds is 11. The number of hydrogen-bond donors (Lipinski definition) is 3. The van der Waals surface area contributed by atoms with Gasteiger partial charge in [-0.1, -0.05) is 13.0 Å². The van der Waals surface area contributed by atoms with Crippen molar-refractivity contribution in [2.45, 2.75) is 45.2 Å². The van der Waals surface area contributed by atoms with Crippen LogP contribution in [-0.2, 0) is 16.1 Å². The van der Waals surface area contributed by atoms with Gasteiger partial charge in [-0.2, -0.15) is 0 Å². The highest BCUT2D eigenvalue weighted by atomic mass is 16.2. The third kappa shape index (κ3) is 5.36. The maximum atomic E-state index is 12.9. The fraction of sp³-hybridized carbons (Fsp3) is 0.545. The van der Waals surface area contributed by atoms with Crippen LogP contribution in [-0.4, -0.2) is 72.2 Å². The molecule has 0 bridgehead atoms. The van der Waals surface area contributed by atoms with E-state index in [9.17, 15) is 19.2 Å². The molecule has 1 atom stereocenters. The topological polar surface area (TPSA) is 125 Å². The Kier molecular flexibility index (Phi) is 7.89. The number of carbonyl (C=O) groups is 4. The van der Waals surface area contributed by atoms with Crippen LogP contribution in [0, 0.1) is 0 Å². The molecule has 0 saturated carbocycles. The number of nitrogens with one attached hydrogen (secondary N) is 2. The van der Waals surface area contributed by atoms with Crippen molar-refractivity contribution < 1.29 is 19.2 Å². The normalized spacial score (nSPS) is 18.7. The number of amides is 4. The van der Waals surface area contributed by atoms with Crippen LogP contribution < -0.4 is 16.4 Å². The average Bonchev–Trinajstić information content (AvgIpc) is 3.00. The predicted octanol–water partition coefficient (Wildman–Crippen LogP) is 0.238. The van der Waals surface area contributed by atoms with Crippen LogP contribution >= 0.6 is 0 Å². The highest BCUT2D eigenvalue weighted by Crippen LogP contribution is 2.28. The molecule has 1 saturated heterocycles. The maximum absolute atomic E-state index is 12.9. The molecule has 168 valence electrons. The first kappa shape index (κ1) is 23.1. The molecule has 0 spiro atoms. The Morgan fingerprint density at radius 3 is 2.58 bits per heavy atom. The lowest BCUT2D eigenvalue weighted by Crippen LogP contribution is -2.54. The van der Waals surface area contributed by atoms with Gasteiger partial charge in [0, 0.05) is 13.0 Å². The van der Waals surface area contributed by atoms with E-state index in [4.69, 9.17) is 5.73 Å². The molecule has 9 heteroatoms. The second-order valence-corrected chi connectivity index (χ2v) is 7.93. The van der Waals surface area contributed by atoms with E-state index >= 15 is 0 Å². The SMILES string of the molecule is CCN(CCCN)CCCNCc1ccc2c(c1)C(=O)N(C1CCC(=O)NC1=O)C2=O. The fourth-order valence-electron chi connectivity index (χ4n) is 4.03. The minimum absolute atomic E-state index is 0.112. The van der Waals surface area contributed by atoms with E-state index in [1.165, 1.54) is 0 Å². The number of fused-ring (bicyclic) bond motifs is 1. The van der Waals surface area contributed by atoms with Gasteiger partial charge < -0.3 is 16.0 Å². The predicted molar refractivity (Wildman–Crippen MR) is 115 cm³/mol. The van der Waals surface area contributed by atoms with E-state index in [-0.39, 0.29) is 18.7 Å². The molecule has 2 heterocycles. The highest BCUT2D eigenvalue weighted by molar-refractivity contribution is 6.23. The summed E-state index contributed by atoms with van der Waals surface area (Å²) in [5.41, 5.74) is 7.09. The lowest BCUT2D eigenvalue weighted by molar-refractivity contribution is -0.136. The van der Waals surface area contributed by atoms with Crippen molar-refractivity contribution in [1.82, 2.24) is 20.4 Å². The van der Waals surface area contributed by atoms with Gasteiger partial charge in [0.15, 0.2) is 0 Å². The van der Waals surface area contributed by atoms with Crippen molar-refractivity contribution in [1.29, 1.82) is 0 Å². The molecule has 9 nitrogen and oxygen atoms in total. The van der Waals surface area contributed by atoms with Crippen molar-refractivity contribution in [2.75, 3.05) is 32.7 Å². The monoisotopic (exact) mass is 429 g/mol. The Balaban J connectivity index is 1.54. The summed E-state index contributed by atoms with van der Waals surface area (Å²) in [6, 6.07) is 4.25. The fourth-order valence-corrected chi connectivity index (χ4v) is 4.03. The maximum Gasteiger partial charge on any atom is 0.262 e. The first-order chi connectivity index (χ1) is 15.0.